The number of nitrogens with one attached hydrogen (secondary N) is 2. The highest BCUT2D eigenvalue weighted by molar-refractivity contribution is 7.91. The van der Waals surface area contributed by atoms with E-state index in [1.807, 2.05) is 30.3 Å². The highest BCUT2D eigenvalue weighted by Crippen LogP contribution is 2.18. The SMILES string of the molecule is CCS(=O)(=O)c1ccccc1C(=O)O[C@H](C)C(=O)NC(=O)NCc1ccccc1. The van der Waals surface area contributed by atoms with Crippen LogP contribution in [0, 0.1) is 0 Å². The fourth-order valence-corrected chi connectivity index (χ4v) is 3.46. The molecule has 0 radical (unpaired) electrons. The highest BCUT2D eigenvalue weighted by Gasteiger charge is 2.25. The normalized spacial score (nSPS) is 11.9. The van der Waals surface area contributed by atoms with Crippen LogP contribution in [0.4, 0.5) is 4.79 Å². The number of ether oxygens (including phenoxy) is 1. The van der Waals surface area contributed by atoms with Crippen LogP contribution in [-0.4, -0.2) is 38.2 Å². The van der Waals surface area contributed by atoms with Crippen molar-refractivity contribution in [3.63, 3.8) is 0 Å². The smallest absolute Gasteiger partial charge is 0.340 e. The standard InChI is InChI=1S/C20H22N2O6S/c1-3-29(26,27)17-12-8-7-11-16(17)19(24)28-14(2)18(23)22-20(25)21-13-15-9-5-4-6-10-15/h4-12,14H,3,13H2,1-2H3,(H2,21,22,23,25)/t14-/m1/s1. The molecule has 0 heterocycles. The van der Waals surface area contributed by atoms with E-state index in [2.05, 4.69) is 10.6 Å². The fraction of sp³-hybridized carbons (Fsp3) is 0.250. The first-order chi connectivity index (χ1) is 13.7. The summed E-state index contributed by atoms with van der Waals surface area (Å²) in [7, 11) is -3.65. The molecule has 0 aliphatic heterocycles. The first-order valence-electron chi connectivity index (χ1n) is 8.90. The van der Waals surface area contributed by atoms with Crippen LogP contribution < -0.4 is 10.6 Å². The van der Waals surface area contributed by atoms with Gasteiger partial charge in [-0.25, -0.2) is 18.0 Å². The average molecular weight is 418 g/mol. The molecule has 154 valence electrons. The lowest BCUT2D eigenvalue weighted by molar-refractivity contribution is -0.127. The first-order valence-corrected chi connectivity index (χ1v) is 10.5. The number of hydrogen-bond donors (Lipinski definition) is 2. The van der Waals surface area contributed by atoms with Crippen LogP contribution in [0.1, 0.15) is 29.8 Å². The third kappa shape index (κ3) is 6.15. The number of amides is 3. The molecule has 0 fully saturated rings. The minimum Gasteiger partial charge on any atom is -0.449 e. The molecule has 0 saturated heterocycles. The summed E-state index contributed by atoms with van der Waals surface area (Å²) in [6.45, 7) is 2.96. The number of benzene rings is 2. The van der Waals surface area contributed by atoms with Crippen molar-refractivity contribution < 1.29 is 27.5 Å². The predicted molar refractivity (Wildman–Crippen MR) is 106 cm³/mol. The molecule has 29 heavy (non-hydrogen) atoms. The molecule has 2 N–H and O–H groups in total. The van der Waals surface area contributed by atoms with Gasteiger partial charge in [-0.05, 0) is 24.6 Å². The van der Waals surface area contributed by atoms with Crippen molar-refractivity contribution in [3.8, 4) is 0 Å². The molecule has 8 nitrogen and oxygen atoms in total. The Hall–Kier alpha value is -3.20. The van der Waals surface area contributed by atoms with Gasteiger partial charge in [-0.3, -0.25) is 10.1 Å². The van der Waals surface area contributed by atoms with Crippen molar-refractivity contribution in [1.82, 2.24) is 10.6 Å². The Morgan fingerprint density at radius 2 is 1.62 bits per heavy atom. The van der Waals surface area contributed by atoms with Gasteiger partial charge >= 0.3 is 12.0 Å². The topological polar surface area (TPSA) is 119 Å². The lowest BCUT2D eigenvalue weighted by Crippen LogP contribution is -2.44. The van der Waals surface area contributed by atoms with Crippen molar-refractivity contribution in [3.05, 3.63) is 65.7 Å². The number of hydrogen-bond acceptors (Lipinski definition) is 6. The molecule has 2 aromatic carbocycles. The number of carbonyl (C=O) groups excluding carboxylic acids is 3. The second kappa shape index (κ2) is 9.83. The second-order valence-electron chi connectivity index (χ2n) is 6.10. The van der Waals surface area contributed by atoms with Crippen LogP contribution >= 0.6 is 0 Å². The van der Waals surface area contributed by atoms with Gasteiger partial charge in [-0.15, -0.1) is 0 Å². The van der Waals surface area contributed by atoms with Crippen LogP contribution in [0.15, 0.2) is 59.5 Å². The Labute approximate surface area is 169 Å². The Balaban J connectivity index is 1.96. The summed E-state index contributed by atoms with van der Waals surface area (Å²) in [5.41, 5.74) is 0.686. The van der Waals surface area contributed by atoms with Crippen LogP contribution in [0.5, 0.6) is 0 Å². The van der Waals surface area contributed by atoms with E-state index in [9.17, 15) is 22.8 Å². The van der Waals surface area contributed by atoms with Crippen molar-refractivity contribution >= 4 is 27.7 Å². The molecular formula is C20H22N2O6S. The van der Waals surface area contributed by atoms with E-state index in [0.29, 0.717) is 0 Å². The van der Waals surface area contributed by atoms with Gasteiger partial charge in [0, 0.05) is 6.54 Å². The van der Waals surface area contributed by atoms with E-state index in [1.165, 1.54) is 38.1 Å². The summed E-state index contributed by atoms with van der Waals surface area (Å²) in [5.74, 6) is -1.99. The van der Waals surface area contributed by atoms with Crippen LogP contribution in [0.2, 0.25) is 0 Å². The van der Waals surface area contributed by atoms with Crippen molar-refractivity contribution in [2.75, 3.05) is 5.75 Å². The van der Waals surface area contributed by atoms with E-state index < -0.39 is 33.8 Å². The number of sulfone groups is 1. The lowest BCUT2D eigenvalue weighted by Gasteiger charge is -2.15. The third-order valence-corrected chi connectivity index (χ3v) is 5.79. The molecule has 0 unspecified atom stereocenters. The van der Waals surface area contributed by atoms with Gasteiger partial charge < -0.3 is 10.1 Å². The lowest BCUT2D eigenvalue weighted by atomic mass is 10.2. The molecule has 0 spiro atoms. The number of imide groups is 1. The number of rotatable bonds is 7. The van der Waals surface area contributed by atoms with E-state index >= 15 is 0 Å². The maximum absolute atomic E-state index is 12.4. The summed E-state index contributed by atoms with van der Waals surface area (Å²) < 4.78 is 29.3. The van der Waals surface area contributed by atoms with Gasteiger partial charge in [-0.2, -0.15) is 0 Å². The van der Waals surface area contributed by atoms with E-state index in [1.54, 1.807) is 0 Å². The van der Waals surface area contributed by atoms with Crippen LogP contribution in [0.25, 0.3) is 0 Å². The minimum absolute atomic E-state index is 0.164. The van der Waals surface area contributed by atoms with E-state index in [4.69, 9.17) is 4.74 Å². The largest absolute Gasteiger partial charge is 0.449 e. The summed E-state index contributed by atoms with van der Waals surface area (Å²) in [5, 5.41) is 4.59. The van der Waals surface area contributed by atoms with Crippen molar-refractivity contribution in [1.29, 1.82) is 0 Å². The van der Waals surface area contributed by atoms with Gasteiger partial charge in [0.1, 0.15) is 0 Å². The minimum atomic E-state index is -3.65. The number of carbonyl (C=O) groups is 3. The molecule has 9 heteroatoms. The maximum Gasteiger partial charge on any atom is 0.340 e. The molecule has 2 aromatic rings. The van der Waals surface area contributed by atoms with E-state index in [0.717, 1.165) is 5.56 Å². The zero-order chi connectivity index (χ0) is 21.4. The molecule has 2 rings (SSSR count). The monoisotopic (exact) mass is 418 g/mol. The predicted octanol–water partition coefficient (Wildman–Crippen LogP) is 2.05. The fourth-order valence-electron chi connectivity index (χ4n) is 2.38. The Kier molecular flexibility index (Phi) is 7.49. The third-order valence-electron chi connectivity index (χ3n) is 4.01. The first kappa shape index (κ1) is 22.1. The molecule has 0 aliphatic rings. The van der Waals surface area contributed by atoms with Gasteiger partial charge in [0.15, 0.2) is 15.9 Å². The van der Waals surface area contributed by atoms with Gasteiger partial charge in [0.05, 0.1) is 16.2 Å². The molecule has 0 aliphatic carbocycles. The zero-order valence-corrected chi connectivity index (χ0v) is 16.9. The van der Waals surface area contributed by atoms with E-state index in [-0.39, 0.29) is 22.8 Å². The van der Waals surface area contributed by atoms with Gasteiger partial charge in [-0.1, -0.05) is 49.4 Å². The van der Waals surface area contributed by atoms with Crippen molar-refractivity contribution in [2.45, 2.75) is 31.4 Å². The molecule has 0 aromatic heterocycles. The van der Waals surface area contributed by atoms with Crippen LogP contribution in [-0.2, 0) is 25.9 Å². The Morgan fingerprint density at radius 3 is 2.28 bits per heavy atom. The summed E-state index contributed by atoms with van der Waals surface area (Å²) >= 11 is 0. The second-order valence-corrected chi connectivity index (χ2v) is 8.35. The molecular weight excluding hydrogens is 396 g/mol. The van der Waals surface area contributed by atoms with Crippen molar-refractivity contribution in [2.24, 2.45) is 0 Å². The zero-order valence-electron chi connectivity index (χ0n) is 16.0. The Morgan fingerprint density at radius 1 is 1.00 bits per heavy atom. The van der Waals surface area contributed by atoms with Gasteiger partial charge in [0.2, 0.25) is 0 Å². The molecule has 0 saturated carbocycles. The molecule has 1 atom stereocenters. The summed E-state index contributed by atoms with van der Waals surface area (Å²) in [6.07, 6.45) is -1.30. The van der Waals surface area contributed by atoms with Crippen LogP contribution in [0.3, 0.4) is 0 Å². The quantitative estimate of drug-likeness (QED) is 0.665. The number of esters is 1. The summed E-state index contributed by atoms with van der Waals surface area (Å²) in [6, 6.07) is 14.0. The number of urea groups is 1. The summed E-state index contributed by atoms with van der Waals surface area (Å²) in [4.78, 5) is 36.2. The molecule has 3 amide bonds. The highest BCUT2D eigenvalue weighted by atomic mass is 32.2. The average Bonchev–Trinajstić information content (AvgIpc) is 2.72. The maximum atomic E-state index is 12.4. The Bertz CT molecular complexity index is 989. The molecule has 0 bridgehead atoms. The van der Waals surface area contributed by atoms with Gasteiger partial charge in [0.25, 0.3) is 5.91 Å².